The van der Waals surface area contributed by atoms with Crippen LogP contribution in [-0.2, 0) is 19.6 Å². The molecular formula is C22H29FN2O5S. The maximum Gasteiger partial charge on any atom is 0.264 e. The van der Waals surface area contributed by atoms with Crippen molar-refractivity contribution in [2.75, 3.05) is 30.6 Å². The fourth-order valence-corrected chi connectivity index (χ4v) is 4.15. The number of hydrogen-bond donors (Lipinski definition) is 1. The van der Waals surface area contributed by atoms with Crippen LogP contribution >= 0.6 is 0 Å². The van der Waals surface area contributed by atoms with Crippen LogP contribution in [0, 0.1) is 5.82 Å². The number of carbonyl (C=O) groups excluding carboxylic acids is 1. The van der Waals surface area contributed by atoms with Crippen molar-refractivity contribution < 1.29 is 27.1 Å². The molecule has 170 valence electrons. The zero-order chi connectivity index (χ0) is 22.9. The van der Waals surface area contributed by atoms with E-state index in [4.69, 9.17) is 9.47 Å². The van der Waals surface area contributed by atoms with Crippen LogP contribution in [0.15, 0.2) is 53.4 Å². The Morgan fingerprint density at radius 3 is 2.32 bits per heavy atom. The summed E-state index contributed by atoms with van der Waals surface area (Å²) in [6, 6.07) is 10.9. The second kappa shape index (κ2) is 11.7. The van der Waals surface area contributed by atoms with Crippen LogP contribution in [0.2, 0.25) is 0 Å². The highest BCUT2D eigenvalue weighted by Gasteiger charge is 2.27. The van der Waals surface area contributed by atoms with Gasteiger partial charge < -0.3 is 14.8 Å². The minimum atomic E-state index is -4.07. The van der Waals surface area contributed by atoms with E-state index < -0.39 is 28.3 Å². The maximum absolute atomic E-state index is 13.4. The normalized spacial score (nSPS) is 11.4. The van der Waals surface area contributed by atoms with Gasteiger partial charge in [0.05, 0.1) is 23.3 Å². The lowest BCUT2D eigenvalue weighted by Gasteiger charge is -2.24. The third kappa shape index (κ3) is 7.52. The highest BCUT2D eigenvalue weighted by atomic mass is 32.2. The van der Waals surface area contributed by atoms with Crippen molar-refractivity contribution in [3.63, 3.8) is 0 Å². The van der Waals surface area contributed by atoms with Gasteiger partial charge in [-0.3, -0.25) is 9.10 Å². The molecule has 0 radical (unpaired) electrons. The van der Waals surface area contributed by atoms with Crippen molar-refractivity contribution >= 4 is 21.6 Å². The van der Waals surface area contributed by atoms with Crippen LogP contribution in [0.25, 0.3) is 0 Å². The second-order valence-corrected chi connectivity index (χ2v) is 8.88. The van der Waals surface area contributed by atoms with Crippen LogP contribution in [0.1, 0.15) is 27.2 Å². The number of hydrogen-bond acceptors (Lipinski definition) is 5. The predicted molar refractivity (Wildman–Crippen MR) is 117 cm³/mol. The first-order valence-corrected chi connectivity index (χ1v) is 11.6. The zero-order valence-electron chi connectivity index (χ0n) is 18.0. The summed E-state index contributed by atoms with van der Waals surface area (Å²) in [6.07, 6.45) is 0.704. The predicted octanol–water partition coefficient (Wildman–Crippen LogP) is 3.35. The Hall–Kier alpha value is -2.65. The Labute approximate surface area is 183 Å². The minimum absolute atomic E-state index is 0.00147. The lowest BCUT2D eigenvalue weighted by Crippen LogP contribution is -2.41. The first-order valence-electron chi connectivity index (χ1n) is 10.1. The standard InChI is InChI=1S/C22H29FN2O5S/c1-4-29-20-10-12-21(13-11-20)31(27,28)25(19-8-6-18(23)7-9-19)16-22(26)24-14-5-15-30-17(2)3/h6-13,17H,4-5,14-16H2,1-3H3,(H,24,26). The molecular weight excluding hydrogens is 423 g/mol. The number of amides is 1. The van der Waals surface area contributed by atoms with Crippen LogP contribution in [0.4, 0.5) is 10.1 Å². The Kier molecular flexibility index (Phi) is 9.26. The van der Waals surface area contributed by atoms with E-state index in [1.54, 1.807) is 12.1 Å². The zero-order valence-corrected chi connectivity index (χ0v) is 18.8. The molecule has 9 heteroatoms. The summed E-state index contributed by atoms with van der Waals surface area (Å²) in [7, 11) is -4.07. The number of nitrogens with zero attached hydrogens (tertiary/aromatic N) is 1. The number of anilines is 1. The van der Waals surface area contributed by atoms with E-state index >= 15 is 0 Å². The Morgan fingerprint density at radius 1 is 1.10 bits per heavy atom. The van der Waals surface area contributed by atoms with Crippen molar-refractivity contribution in [3.8, 4) is 5.75 Å². The number of carbonyl (C=O) groups is 1. The molecule has 0 aliphatic carbocycles. The summed E-state index contributed by atoms with van der Waals surface area (Å²) < 4.78 is 51.6. The van der Waals surface area contributed by atoms with E-state index in [0.717, 1.165) is 16.4 Å². The van der Waals surface area contributed by atoms with Crippen molar-refractivity contribution in [1.82, 2.24) is 5.32 Å². The van der Waals surface area contributed by atoms with Gasteiger partial charge in [-0.25, -0.2) is 12.8 Å². The van der Waals surface area contributed by atoms with Gasteiger partial charge in [0.15, 0.2) is 0 Å². The van der Waals surface area contributed by atoms with Crippen LogP contribution in [0.3, 0.4) is 0 Å². The fourth-order valence-electron chi connectivity index (χ4n) is 2.73. The average Bonchev–Trinajstić information content (AvgIpc) is 2.73. The highest BCUT2D eigenvalue weighted by molar-refractivity contribution is 7.92. The summed E-state index contributed by atoms with van der Waals surface area (Å²) in [6.45, 7) is 6.53. The summed E-state index contributed by atoms with van der Waals surface area (Å²) in [5.41, 5.74) is 0.188. The van der Waals surface area contributed by atoms with Crippen molar-refractivity contribution in [2.24, 2.45) is 0 Å². The van der Waals surface area contributed by atoms with Gasteiger partial charge in [-0.15, -0.1) is 0 Å². The van der Waals surface area contributed by atoms with Gasteiger partial charge in [0, 0.05) is 13.2 Å². The fraction of sp³-hybridized carbons (Fsp3) is 0.409. The molecule has 1 N–H and O–H groups in total. The molecule has 0 bridgehead atoms. The van der Waals surface area contributed by atoms with Crippen molar-refractivity contribution in [3.05, 3.63) is 54.3 Å². The van der Waals surface area contributed by atoms with E-state index in [9.17, 15) is 17.6 Å². The van der Waals surface area contributed by atoms with Crippen LogP contribution < -0.4 is 14.4 Å². The molecule has 0 unspecified atom stereocenters. The SMILES string of the molecule is CCOc1ccc(S(=O)(=O)N(CC(=O)NCCCOC(C)C)c2ccc(F)cc2)cc1. The molecule has 2 rings (SSSR count). The minimum Gasteiger partial charge on any atom is -0.494 e. The van der Waals surface area contributed by atoms with E-state index in [1.807, 2.05) is 20.8 Å². The van der Waals surface area contributed by atoms with Crippen LogP contribution in [-0.4, -0.2) is 46.7 Å². The van der Waals surface area contributed by atoms with Gasteiger partial charge >= 0.3 is 0 Å². The topological polar surface area (TPSA) is 84.9 Å². The van der Waals surface area contributed by atoms with Crippen molar-refractivity contribution in [1.29, 1.82) is 0 Å². The molecule has 0 fully saturated rings. The smallest absolute Gasteiger partial charge is 0.264 e. The highest BCUT2D eigenvalue weighted by Crippen LogP contribution is 2.25. The lowest BCUT2D eigenvalue weighted by atomic mass is 10.3. The molecule has 31 heavy (non-hydrogen) atoms. The second-order valence-electron chi connectivity index (χ2n) is 7.02. The molecule has 0 aromatic heterocycles. The third-order valence-electron chi connectivity index (χ3n) is 4.22. The molecule has 0 aliphatic rings. The third-order valence-corrected chi connectivity index (χ3v) is 6.01. The van der Waals surface area contributed by atoms with Gasteiger partial charge in [0.25, 0.3) is 10.0 Å². The number of nitrogens with one attached hydrogen (secondary N) is 1. The summed E-state index contributed by atoms with van der Waals surface area (Å²) in [5.74, 6) is -0.434. The van der Waals surface area contributed by atoms with E-state index in [1.165, 1.54) is 24.3 Å². The van der Waals surface area contributed by atoms with E-state index in [-0.39, 0.29) is 16.7 Å². The average molecular weight is 453 g/mol. The summed E-state index contributed by atoms with van der Waals surface area (Å²) in [5, 5.41) is 2.70. The molecule has 2 aromatic carbocycles. The van der Waals surface area contributed by atoms with Gasteiger partial charge in [0.1, 0.15) is 18.1 Å². The molecule has 0 spiro atoms. The molecule has 0 saturated carbocycles. The van der Waals surface area contributed by atoms with E-state index in [2.05, 4.69) is 5.32 Å². The first-order chi connectivity index (χ1) is 14.7. The quantitative estimate of drug-likeness (QED) is 0.499. The van der Waals surface area contributed by atoms with Gasteiger partial charge in [0.2, 0.25) is 5.91 Å². The number of halogens is 1. The van der Waals surface area contributed by atoms with Gasteiger partial charge in [-0.1, -0.05) is 0 Å². The first kappa shape index (κ1) is 24.6. The van der Waals surface area contributed by atoms with Crippen LogP contribution in [0.5, 0.6) is 5.75 Å². The number of sulfonamides is 1. The molecule has 0 aliphatic heterocycles. The van der Waals surface area contributed by atoms with E-state index in [0.29, 0.717) is 31.9 Å². The Balaban J connectivity index is 2.18. The van der Waals surface area contributed by atoms with Gasteiger partial charge in [-0.05, 0) is 75.7 Å². The Bertz CT molecular complexity index is 931. The molecule has 0 saturated heterocycles. The monoisotopic (exact) mass is 452 g/mol. The summed E-state index contributed by atoms with van der Waals surface area (Å²) in [4.78, 5) is 12.5. The number of rotatable bonds is 12. The maximum atomic E-state index is 13.4. The molecule has 2 aromatic rings. The van der Waals surface area contributed by atoms with Crippen molar-refractivity contribution in [2.45, 2.75) is 38.2 Å². The largest absolute Gasteiger partial charge is 0.494 e. The summed E-state index contributed by atoms with van der Waals surface area (Å²) >= 11 is 0. The molecule has 0 heterocycles. The number of ether oxygens (including phenoxy) is 2. The molecule has 1 amide bonds. The molecule has 0 atom stereocenters. The number of benzene rings is 2. The lowest BCUT2D eigenvalue weighted by molar-refractivity contribution is -0.119. The van der Waals surface area contributed by atoms with Gasteiger partial charge in [-0.2, -0.15) is 0 Å². The Morgan fingerprint density at radius 2 is 1.74 bits per heavy atom. The molecule has 7 nitrogen and oxygen atoms in total.